The van der Waals surface area contributed by atoms with Gasteiger partial charge in [0.2, 0.25) is 0 Å². The predicted octanol–water partition coefficient (Wildman–Crippen LogP) is 4.32. The van der Waals surface area contributed by atoms with Crippen LogP contribution in [-0.4, -0.2) is 16.9 Å². The van der Waals surface area contributed by atoms with Gasteiger partial charge in [0, 0.05) is 35.5 Å². The van der Waals surface area contributed by atoms with Gasteiger partial charge in [-0.15, -0.1) is 0 Å². The number of hydrogen-bond acceptors (Lipinski definition) is 3. The smallest absolute Gasteiger partial charge is 0.151 e. The van der Waals surface area contributed by atoms with Crippen LogP contribution in [0, 0.1) is 18.6 Å². The number of aromatic nitrogens is 2. The van der Waals surface area contributed by atoms with Gasteiger partial charge in [-0.3, -0.25) is 0 Å². The molecule has 0 radical (unpaired) electrons. The predicted molar refractivity (Wildman–Crippen MR) is 96.5 cm³/mol. The number of benzene rings is 2. The van der Waals surface area contributed by atoms with E-state index in [-0.39, 0.29) is 11.7 Å². The molecule has 4 nitrogen and oxygen atoms in total. The Balaban J connectivity index is 1.78. The van der Waals surface area contributed by atoms with Gasteiger partial charge >= 0.3 is 0 Å². The Morgan fingerprint density at radius 1 is 1.19 bits per heavy atom. The van der Waals surface area contributed by atoms with E-state index >= 15 is 0 Å². The number of hydrogen-bond donors (Lipinski definition) is 1. The summed E-state index contributed by atoms with van der Waals surface area (Å²) in [4.78, 5) is 0. The summed E-state index contributed by atoms with van der Waals surface area (Å²) < 4.78 is 34.0. The Morgan fingerprint density at radius 3 is 2.69 bits per heavy atom. The van der Waals surface area contributed by atoms with Crippen LogP contribution in [0.3, 0.4) is 0 Å². The van der Waals surface area contributed by atoms with Crippen LogP contribution in [0.1, 0.15) is 29.8 Å². The van der Waals surface area contributed by atoms with Gasteiger partial charge in [0.1, 0.15) is 17.3 Å². The molecule has 136 valence electrons. The maximum absolute atomic E-state index is 14.0. The molecular formula is C20H21F2N3O. The van der Waals surface area contributed by atoms with Gasteiger partial charge in [0.15, 0.2) is 5.82 Å². The third-order valence-electron chi connectivity index (χ3n) is 4.44. The minimum Gasteiger partial charge on any atom is -0.496 e. The Kier molecular flexibility index (Phi) is 5.32. The molecule has 3 aromatic rings. The van der Waals surface area contributed by atoms with Gasteiger partial charge in [-0.05, 0) is 32.0 Å². The molecule has 0 bridgehead atoms. The molecule has 1 unspecified atom stereocenters. The van der Waals surface area contributed by atoms with Crippen molar-refractivity contribution in [3.63, 3.8) is 0 Å². The largest absolute Gasteiger partial charge is 0.496 e. The number of ether oxygens (including phenoxy) is 1. The van der Waals surface area contributed by atoms with Gasteiger partial charge in [-0.2, -0.15) is 5.10 Å². The highest BCUT2D eigenvalue weighted by atomic mass is 19.1. The van der Waals surface area contributed by atoms with Gasteiger partial charge in [0.05, 0.1) is 13.3 Å². The van der Waals surface area contributed by atoms with Gasteiger partial charge < -0.3 is 10.1 Å². The van der Waals surface area contributed by atoms with Crippen LogP contribution in [0.2, 0.25) is 0 Å². The van der Waals surface area contributed by atoms with Crippen LogP contribution in [0.4, 0.5) is 8.78 Å². The summed E-state index contributed by atoms with van der Waals surface area (Å²) in [6.07, 6.45) is 1.71. The molecule has 26 heavy (non-hydrogen) atoms. The fourth-order valence-corrected chi connectivity index (χ4v) is 2.97. The maximum atomic E-state index is 14.0. The lowest BCUT2D eigenvalue weighted by atomic mass is 10.1. The molecule has 1 heterocycles. The molecule has 2 aromatic carbocycles. The van der Waals surface area contributed by atoms with Crippen molar-refractivity contribution >= 4 is 0 Å². The van der Waals surface area contributed by atoms with E-state index in [1.807, 2.05) is 38.1 Å². The first-order chi connectivity index (χ1) is 12.5. The molecule has 1 N–H and O–H groups in total. The number of nitrogens with zero attached hydrogens (tertiary/aromatic N) is 2. The van der Waals surface area contributed by atoms with E-state index in [1.165, 1.54) is 16.8 Å². The molecule has 1 aromatic heterocycles. The molecule has 0 saturated heterocycles. The third-order valence-corrected chi connectivity index (χ3v) is 4.44. The number of para-hydroxylation sites is 1. The summed E-state index contributed by atoms with van der Waals surface area (Å²) in [6, 6.07) is 11.3. The topological polar surface area (TPSA) is 39.1 Å². The van der Waals surface area contributed by atoms with E-state index in [0.29, 0.717) is 6.54 Å². The highest BCUT2D eigenvalue weighted by Crippen LogP contribution is 2.23. The number of methoxy groups -OCH3 is 1. The molecule has 6 heteroatoms. The summed E-state index contributed by atoms with van der Waals surface area (Å²) in [5.41, 5.74) is 3.03. The van der Waals surface area contributed by atoms with Crippen LogP contribution >= 0.6 is 0 Å². The molecule has 0 aliphatic rings. The first-order valence-corrected chi connectivity index (χ1v) is 8.36. The summed E-state index contributed by atoms with van der Waals surface area (Å²) >= 11 is 0. The Hall–Kier alpha value is -2.73. The lowest BCUT2D eigenvalue weighted by molar-refractivity contribution is 0.406. The third kappa shape index (κ3) is 3.60. The fourth-order valence-electron chi connectivity index (χ4n) is 2.97. The van der Waals surface area contributed by atoms with Crippen molar-refractivity contribution in [3.05, 3.63) is 77.1 Å². The van der Waals surface area contributed by atoms with Gasteiger partial charge in [0.25, 0.3) is 0 Å². The Morgan fingerprint density at radius 2 is 1.96 bits per heavy atom. The van der Waals surface area contributed by atoms with Crippen molar-refractivity contribution in [2.45, 2.75) is 26.4 Å². The van der Waals surface area contributed by atoms with Crippen LogP contribution in [0.15, 0.2) is 48.7 Å². The minimum absolute atomic E-state index is 0.00262. The lowest BCUT2D eigenvalue weighted by Gasteiger charge is -2.16. The number of nitrogens with one attached hydrogen (secondary N) is 1. The summed E-state index contributed by atoms with van der Waals surface area (Å²) in [7, 11) is 1.65. The first kappa shape index (κ1) is 18.1. The Labute approximate surface area is 151 Å². The van der Waals surface area contributed by atoms with E-state index in [1.54, 1.807) is 13.3 Å². The molecule has 0 amide bonds. The molecule has 0 aliphatic heterocycles. The molecule has 0 spiro atoms. The van der Waals surface area contributed by atoms with Gasteiger partial charge in [-0.1, -0.05) is 18.2 Å². The van der Waals surface area contributed by atoms with Crippen molar-refractivity contribution < 1.29 is 13.5 Å². The summed E-state index contributed by atoms with van der Waals surface area (Å²) in [6.45, 7) is 4.51. The monoisotopic (exact) mass is 357 g/mol. The maximum Gasteiger partial charge on any atom is 0.151 e. The molecular weight excluding hydrogens is 336 g/mol. The average Bonchev–Trinajstić information content (AvgIpc) is 3.01. The fraction of sp³-hybridized carbons (Fsp3) is 0.250. The normalized spacial score (nSPS) is 12.2. The SMILES string of the molecule is COc1ccccc1CNC(C)c1cnn(-c2ccc(F)cc2F)c1C. The quantitative estimate of drug-likeness (QED) is 0.714. The highest BCUT2D eigenvalue weighted by molar-refractivity contribution is 5.37. The second-order valence-electron chi connectivity index (χ2n) is 6.11. The molecule has 0 fully saturated rings. The van der Waals surface area contributed by atoms with E-state index in [2.05, 4.69) is 10.4 Å². The van der Waals surface area contributed by atoms with Crippen LogP contribution < -0.4 is 10.1 Å². The second-order valence-corrected chi connectivity index (χ2v) is 6.11. The van der Waals surface area contributed by atoms with E-state index in [9.17, 15) is 8.78 Å². The van der Waals surface area contributed by atoms with Crippen molar-refractivity contribution in [2.75, 3.05) is 7.11 Å². The van der Waals surface area contributed by atoms with Crippen molar-refractivity contribution in [3.8, 4) is 11.4 Å². The van der Waals surface area contributed by atoms with Gasteiger partial charge in [-0.25, -0.2) is 13.5 Å². The van der Waals surface area contributed by atoms with Crippen LogP contribution in [-0.2, 0) is 6.54 Å². The zero-order valence-corrected chi connectivity index (χ0v) is 15.0. The second kappa shape index (κ2) is 7.66. The summed E-state index contributed by atoms with van der Waals surface area (Å²) in [5, 5.41) is 7.71. The Bertz CT molecular complexity index is 908. The number of halogens is 2. The molecule has 0 aliphatic carbocycles. The molecule has 0 saturated carbocycles. The zero-order valence-electron chi connectivity index (χ0n) is 15.0. The van der Waals surface area contributed by atoms with Crippen LogP contribution in [0.5, 0.6) is 5.75 Å². The standard InChI is InChI=1S/C20H21F2N3O/c1-13(23-11-15-6-4-5-7-20(15)26-3)17-12-24-25(14(17)2)19-9-8-16(21)10-18(19)22/h4-10,12-13,23H,11H2,1-3H3. The van der Waals surface area contributed by atoms with E-state index in [4.69, 9.17) is 4.74 Å². The lowest BCUT2D eigenvalue weighted by Crippen LogP contribution is -2.19. The van der Waals surface area contributed by atoms with E-state index < -0.39 is 11.6 Å². The minimum atomic E-state index is -0.641. The van der Waals surface area contributed by atoms with Crippen molar-refractivity contribution in [1.82, 2.24) is 15.1 Å². The first-order valence-electron chi connectivity index (χ1n) is 8.36. The highest BCUT2D eigenvalue weighted by Gasteiger charge is 2.16. The van der Waals surface area contributed by atoms with Crippen molar-refractivity contribution in [1.29, 1.82) is 0 Å². The van der Waals surface area contributed by atoms with Crippen LogP contribution in [0.25, 0.3) is 5.69 Å². The number of rotatable bonds is 6. The molecule has 1 atom stereocenters. The van der Waals surface area contributed by atoms with Crippen molar-refractivity contribution in [2.24, 2.45) is 0 Å². The average molecular weight is 357 g/mol. The zero-order chi connectivity index (χ0) is 18.7. The molecule has 3 rings (SSSR count). The summed E-state index contributed by atoms with van der Waals surface area (Å²) in [5.74, 6) is -0.423. The van der Waals surface area contributed by atoms with E-state index in [0.717, 1.165) is 28.6 Å².